The maximum absolute atomic E-state index is 13.8. The highest BCUT2D eigenvalue weighted by Crippen LogP contribution is 2.34. The monoisotopic (exact) mass is 651 g/mol. The van der Waals surface area contributed by atoms with Gasteiger partial charge in [-0.25, -0.2) is 8.78 Å². The van der Waals surface area contributed by atoms with E-state index in [1.165, 1.54) is 43.3 Å². The fourth-order valence-corrected chi connectivity index (χ4v) is 5.50. The molecule has 2 saturated heterocycles. The van der Waals surface area contributed by atoms with Crippen molar-refractivity contribution in [3.05, 3.63) is 70.8 Å². The minimum absolute atomic E-state index is 0.105. The Morgan fingerprint density at radius 3 is 2.30 bits per heavy atom. The number of phenols is 1. The number of carbonyl (C=O) groups is 1. The predicted octanol–water partition coefficient (Wildman–Crippen LogP) is 0.247. The molecule has 2 aromatic carbocycles. The van der Waals surface area contributed by atoms with E-state index >= 15 is 0 Å². The van der Waals surface area contributed by atoms with Gasteiger partial charge in [0.1, 0.15) is 62.2 Å². The molecule has 5 rings (SSSR count). The lowest BCUT2D eigenvalue weighted by molar-refractivity contribution is -0.155. The summed E-state index contributed by atoms with van der Waals surface area (Å²) in [5, 5.41) is 65.5. The van der Waals surface area contributed by atoms with E-state index < -0.39 is 84.5 Å². The van der Waals surface area contributed by atoms with Crippen LogP contribution < -0.4 is 14.8 Å². The highest BCUT2D eigenvalue weighted by Gasteiger charge is 2.53. The number of nitrogens with one attached hydrogen (secondary N) is 1. The van der Waals surface area contributed by atoms with E-state index in [2.05, 4.69) is 5.32 Å². The van der Waals surface area contributed by atoms with Crippen molar-refractivity contribution in [3.8, 4) is 17.2 Å². The van der Waals surface area contributed by atoms with Crippen LogP contribution in [-0.4, -0.2) is 111 Å². The highest BCUT2D eigenvalue weighted by atomic mass is 19.1. The molecule has 3 fully saturated rings. The number of phenolic OH excluding ortho intramolecular Hbond substituents is 1. The molecule has 1 amide bonds. The maximum atomic E-state index is 13.8. The van der Waals surface area contributed by atoms with Crippen molar-refractivity contribution in [2.24, 2.45) is 0 Å². The van der Waals surface area contributed by atoms with Gasteiger partial charge in [-0.2, -0.15) is 0 Å². The predicted molar refractivity (Wildman–Crippen MR) is 153 cm³/mol. The zero-order valence-corrected chi connectivity index (χ0v) is 24.7. The Bertz CT molecular complexity index is 1470. The van der Waals surface area contributed by atoms with E-state index in [0.717, 1.165) is 12.1 Å². The normalized spacial score (nSPS) is 33.1. The number of halogens is 2. The van der Waals surface area contributed by atoms with Crippen molar-refractivity contribution in [3.63, 3.8) is 0 Å². The average molecular weight is 652 g/mol. The summed E-state index contributed by atoms with van der Waals surface area (Å²) < 4.78 is 54.5. The lowest BCUT2D eigenvalue weighted by Crippen LogP contribution is -2.67. The number of ether oxygens (including phenoxy) is 5. The van der Waals surface area contributed by atoms with E-state index in [-0.39, 0.29) is 30.5 Å². The molecule has 0 unspecified atom stereocenters. The van der Waals surface area contributed by atoms with Gasteiger partial charge in [0.2, 0.25) is 12.2 Å². The second-order valence-electron chi connectivity index (χ2n) is 11.2. The molecule has 13 nitrogen and oxygen atoms in total. The van der Waals surface area contributed by atoms with Crippen LogP contribution in [0.2, 0.25) is 0 Å². The quantitative estimate of drug-likeness (QED) is 0.144. The fraction of sp³-hybridized carbons (Fsp3) is 0.452. The first kappa shape index (κ1) is 33.7. The van der Waals surface area contributed by atoms with Crippen molar-refractivity contribution >= 4 is 12.0 Å². The Morgan fingerprint density at radius 2 is 1.63 bits per heavy atom. The zero-order valence-electron chi connectivity index (χ0n) is 24.7. The Labute approximate surface area is 261 Å². The minimum Gasteiger partial charge on any atom is -0.504 e. The summed E-state index contributed by atoms with van der Waals surface area (Å²) >= 11 is 0. The van der Waals surface area contributed by atoms with E-state index in [9.17, 15) is 44.2 Å². The van der Waals surface area contributed by atoms with Gasteiger partial charge in [0, 0.05) is 5.57 Å². The van der Waals surface area contributed by atoms with Gasteiger partial charge in [-0.15, -0.1) is 0 Å². The van der Waals surface area contributed by atoms with E-state index in [1.807, 2.05) is 0 Å². The second kappa shape index (κ2) is 14.0. The molecule has 1 saturated carbocycles. The summed E-state index contributed by atoms with van der Waals surface area (Å²) in [6, 6.07) is 6.17. The molecular weight excluding hydrogens is 616 g/mol. The van der Waals surface area contributed by atoms with Gasteiger partial charge in [-0.3, -0.25) is 4.79 Å². The molecule has 1 aliphatic carbocycles. The third-order valence-electron chi connectivity index (χ3n) is 8.09. The third kappa shape index (κ3) is 6.86. The summed E-state index contributed by atoms with van der Waals surface area (Å²) in [7, 11) is 0. The summed E-state index contributed by atoms with van der Waals surface area (Å²) in [6.07, 6.45) is -8.67. The number of benzene rings is 2. The molecule has 10 atom stereocenters. The molecule has 15 heteroatoms. The number of fused-ring (bicyclic) bond motifs is 1. The highest BCUT2D eigenvalue weighted by molar-refractivity contribution is 5.97. The van der Waals surface area contributed by atoms with Crippen LogP contribution in [0.5, 0.6) is 17.2 Å². The van der Waals surface area contributed by atoms with Crippen LogP contribution in [0.4, 0.5) is 8.78 Å². The number of aliphatic hydroxyl groups excluding tert-OH is 5. The Kier molecular flexibility index (Phi) is 10.2. The fourth-order valence-electron chi connectivity index (χ4n) is 5.50. The van der Waals surface area contributed by atoms with E-state index in [4.69, 9.17) is 23.7 Å². The molecule has 2 heterocycles. The number of hydrogen-bond acceptors (Lipinski definition) is 12. The van der Waals surface area contributed by atoms with E-state index in [0.29, 0.717) is 11.1 Å². The lowest BCUT2D eigenvalue weighted by Gasteiger charge is -2.41. The van der Waals surface area contributed by atoms with Crippen molar-refractivity contribution in [2.45, 2.75) is 75.0 Å². The Hall–Kier alpha value is -3.67. The van der Waals surface area contributed by atoms with Crippen molar-refractivity contribution in [2.75, 3.05) is 13.4 Å². The molecule has 46 heavy (non-hydrogen) atoms. The number of aromatic hydroxyl groups is 1. The number of rotatable bonds is 9. The molecule has 2 aromatic rings. The number of amides is 1. The van der Waals surface area contributed by atoms with Gasteiger partial charge in [-0.1, -0.05) is 12.1 Å². The number of aliphatic hydroxyl groups is 5. The van der Waals surface area contributed by atoms with Gasteiger partial charge >= 0.3 is 0 Å². The third-order valence-corrected chi connectivity index (χ3v) is 8.09. The SMILES string of the molecule is C/C(=C\c1ccc(O[C@@H]2O[C@H](/C(C)=C/COc3c(F)cccc3F)[C@@H](O)[C@@H]2O)c(O)c1)C(=O)N[C@@H]1[C@H](O)[C@@H](O)[C@H]2OCO[C@H]2[C@@H]1O. The zero-order chi connectivity index (χ0) is 33.3. The number of para-hydroxylation sites is 1. The standard InChI is InChI=1S/C31H35F2NO12/c1-13(8-9-42-27-16(32)4-3-5-17(27)33)26-24(39)25(40)31(46-26)45-19-7-6-15(11-18(19)35)10-14(2)30(41)34-20-21(36)23(38)29-28(22(20)37)43-12-44-29/h3-8,10-11,20-26,28-29,31,35-40H,9,12H2,1-2H3,(H,34,41)/b13-8+,14-10+/t20-,21+,22-,23-,24+,25+,26-,28+,29-,31-/m1/s1. The smallest absolute Gasteiger partial charge is 0.247 e. The molecule has 0 spiro atoms. The maximum Gasteiger partial charge on any atom is 0.247 e. The van der Waals surface area contributed by atoms with Gasteiger partial charge in [0.05, 0.1) is 6.04 Å². The largest absolute Gasteiger partial charge is 0.504 e. The number of carbonyl (C=O) groups excluding carboxylic acids is 1. The van der Waals surface area contributed by atoms with Gasteiger partial charge in [-0.05, 0) is 61.4 Å². The van der Waals surface area contributed by atoms with Gasteiger partial charge in [0.15, 0.2) is 28.9 Å². The molecule has 2 aliphatic heterocycles. The van der Waals surface area contributed by atoms with Crippen LogP contribution in [0.1, 0.15) is 19.4 Å². The average Bonchev–Trinajstić information content (AvgIpc) is 3.62. The number of hydrogen-bond donors (Lipinski definition) is 7. The summed E-state index contributed by atoms with van der Waals surface area (Å²) in [5.41, 5.74) is 0.891. The van der Waals surface area contributed by atoms with Gasteiger partial charge < -0.3 is 59.6 Å². The Morgan fingerprint density at radius 1 is 0.957 bits per heavy atom. The summed E-state index contributed by atoms with van der Waals surface area (Å²) in [6.45, 7) is 2.61. The van der Waals surface area contributed by atoms with Crippen molar-refractivity contribution in [1.29, 1.82) is 0 Å². The van der Waals surface area contributed by atoms with E-state index in [1.54, 1.807) is 6.92 Å². The van der Waals surface area contributed by atoms with Crippen LogP contribution in [0.3, 0.4) is 0 Å². The van der Waals surface area contributed by atoms with Crippen LogP contribution >= 0.6 is 0 Å². The molecule has 3 aliphatic rings. The second-order valence-corrected chi connectivity index (χ2v) is 11.2. The molecular formula is C31H35F2NO12. The molecule has 250 valence electrons. The first-order valence-corrected chi connectivity index (χ1v) is 14.4. The minimum atomic E-state index is -1.52. The van der Waals surface area contributed by atoms with Crippen LogP contribution in [0.25, 0.3) is 6.08 Å². The Balaban J connectivity index is 1.19. The first-order valence-electron chi connectivity index (χ1n) is 14.4. The van der Waals surface area contributed by atoms with Crippen LogP contribution in [-0.2, 0) is 19.0 Å². The topological polar surface area (TPSA) is 197 Å². The van der Waals surface area contributed by atoms with Crippen molar-refractivity contribution in [1.82, 2.24) is 5.32 Å². The summed E-state index contributed by atoms with van der Waals surface area (Å²) in [5.74, 6) is -3.46. The molecule has 0 aromatic heterocycles. The summed E-state index contributed by atoms with van der Waals surface area (Å²) in [4.78, 5) is 12.9. The molecule has 0 radical (unpaired) electrons. The molecule has 7 N–H and O–H groups in total. The van der Waals surface area contributed by atoms with Gasteiger partial charge in [0.25, 0.3) is 0 Å². The molecule has 0 bridgehead atoms. The van der Waals surface area contributed by atoms with Crippen LogP contribution in [0.15, 0.2) is 53.6 Å². The van der Waals surface area contributed by atoms with Crippen LogP contribution in [0, 0.1) is 11.6 Å². The first-order chi connectivity index (χ1) is 21.9. The van der Waals surface area contributed by atoms with Crippen molar-refractivity contribution < 1.29 is 67.9 Å². The lowest BCUT2D eigenvalue weighted by atomic mass is 9.83.